The van der Waals surface area contributed by atoms with Crippen LogP contribution in [-0.2, 0) is 16.0 Å². The smallest absolute Gasteiger partial charge is 0.306 e. The molecule has 0 saturated carbocycles. The Balaban J connectivity index is 2.26. The number of hydrogen-bond acceptors (Lipinski definition) is 4. The molecule has 3 aromatic heterocycles. The third kappa shape index (κ3) is 3.40. The molecule has 0 aliphatic heterocycles. The minimum Gasteiger partial charge on any atom is -0.306 e. The third-order valence-electron chi connectivity index (χ3n) is 3.56. The van der Waals surface area contributed by atoms with Gasteiger partial charge in [0.2, 0.25) is 0 Å². The molecule has 3 heterocycles. The first kappa shape index (κ1) is 17.9. The quantitative estimate of drug-likeness (QED) is 0.626. The molecule has 25 heavy (non-hydrogen) atoms. The van der Waals surface area contributed by atoms with Crippen LogP contribution in [0.15, 0.2) is 46.2 Å². The van der Waals surface area contributed by atoms with E-state index in [1.54, 1.807) is 22.7 Å². The third-order valence-corrected chi connectivity index (χ3v) is 5.79. The highest BCUT2D eigenvalue weighted by Gasteiger charge is 2.34. The monoisotopic (exact) mass is 433 g/mol. The van der Waals surface area contributed by atoms with E-state index in [2.05, 4.69) is 25.9 Å². The van der Waals surface area contributed by atoms with Gasteiger partial charge in [-0.3, -0.25) is 4.98 Å². The van der Waals surface area contributed by atoms with E-state index in [0.29, 0.717) is 17.9 Å². The van der Waals surface area contributed by atoms with Gasteiger partial charge in [-0.05, 0) is 18.2 Å². The summed E-state index contributed by atoms with van der Waals surface area (Å²) in [6.45, 7) is 1.36. The summed E-state index contributed by atoms with van der Waals surface area (Å²) in [5.41, 5.74) is -0.533. The predicted molar refractivity (Wildman–Crippen MR) is 88.9 cm³/mol. The first-order valence-electron chi connectivity index (χ1n) is 7.06. The predicted octanol–water partition coefficient (Wildman–Crippen LogP) is 3.97. The summed E-state index contributed by atoms with van der Waals surface area (Å²) in [4.78, 5) is 7.55. The maximum absolute atomic E-state index is 12.9. The van der Waals surface area contributed by atoms with Crippen molar-refractivity contribution < 1.29 is 21.6 Å². The summed E-state index contributed by atoms with van der Waals surface area (Å²) in [5.74, 6) is -0.345. The van der Waals surface area contributed by atoms with Crippen LogP contribution in [-0.4, -0.2) is 28.5 Å². The van der Waals surface area contributed by atoms with E-state index in [4.69, 9.17) is 0 Å². The maximum Gasteiger partial charge on any atom is 0.417 e. The summed E-state index contributed by atoms with van der Waals surface area (Å²) < 4.78 is 65.8. The van der Waals surface area contributed by atoms with Gasteiger partial charge in [0.25, 0.3) is 0 Å². The lowest BCUT2D eigenvalue weighted by atomic mass is 10.2. The van der Waals surface area contributed by atoms with Gasteiger partial charge in [0, 0.05) is 23.1 Å². The molecule has 5 nitrogen and oxygen atoms in total. The molecule has 0 saturated heterocycles. The Morgan fingerprint density at radius 1 is 1.28 bits per heavy atom. The average Bonchev–Trinajstić information content (AvgIpc) is 2.96. The van der Waals surface area contributed by atoms with Crippen molar-refractivity contribution in [2.45, 2.75) is 18.0 Å². The molecule has 0 atom stereocenters. The molecule has 0 aliphatic carbocycles. The van der Waals surface area contributed by atoms with Crippen molar-refractivity contribution in [3.63, 3.8) is 0 Å². The highest BCUT2D eigenvalue weighted by Crippen LogP contribution is 2.34. The second kappa shape index (κ2) is 6.10. The highest BCUT2D eigenvalue weighted by molar-refractivity contribution is 9.10. The molecule has 3 aromatic rings. The molecule has 0 fully saturated rings. The Hall–Kier alpha value is -1.94. The second-order valence-corrected chi connectivity index (χ2v) is 8.37. The number of hydrogen-bond donors (Lipinski definition) is 0. The lowest BCUT2D eigenvalue weighted by Gasteiger charge is -2.11. The molecule has 0 unspecified atom stereocenters. The number of imidazole rings is 1. The van der Waals surface area contributed by atoms with E-state index in [0.717, 1.165) is 4.47 Å². The number of pyridine rings is 2. The molecule has 0 bridgehead atoms. The van der Waals surface area contributed by atoms with Crippen LogP contribution in [0.25, 0.3) is 17.0 Å². The largest absolute Gasteiger partial charge is 0.417 e. The van der Waals surface area contributed by atoms with E-state index < -0.39 is 26.5 Å². The molecule has 0 spiro atoms. The first-order chi connectivity index (χ1) is 11.6. The van der Waals surface area contributed by atoms with Gasteiger partial charge in [-0.2, -0.15) is 13.2 Å². The van der Waals surface area contributed by atoms with Crippen LogP contribution in [0, 0.1) is 0 Å². The Bertz CT molecular complexity index is 1060. The van der Waals surface area contributed by atoms with Crippen LogP contribution in [0.3, 0.4) is 0 Å². The van der Waals surface area contributed by atoms with Gasteiger partial charge in [0.15, 0.2) is 9.84 Å². The van der Waals surface area contributed by atoms with E-state index in [1.807, 2.05) is 0 Å². The summed E-state index contributed by atoms with van der Waals surface area (Å²) >= 11 is 3.30. The Labute approximate surface area is 149 Å². The lowest BCUT2D eigenvalue weighted by Crippen LogP contribution is -2.12. The zero-order valence-electron chi connectivity index (χ0n) is 12.7. The summed E-state index contributed by atoms with van der Waals surface area (Å²) in [6, 6.07) is 4.06. The van der Waals surface area contributed by atoms with Gasteiger partial charge in [-0.25, -0.2) is 13.4 Å². The van der Waals surface area contributed by atoms with E-state index in [1.165, 1.54) is 13.1 Å². The Morgan fingerprint density at radius 3 is 2.64 bits per heavy atom. The molecule has 3 rings (SSSR count). The van der Waals surface area contributed by atoms with Crippen LogP contribution in [0.1, 0.15) is 12.5 Å². The van der Waals surface area contributed by atoms with Crippen molar-refractivity contribution in [2.24, 2.45) is 0 Å². The van der Waals surface area contributed by atoms with Crippen LogP contribution < -0.4 is 0 Å². The van der Waals surface area contributed by atoms with Crippen molar-refractivity contribution >= 4 is 31.4 Å². The Kier molecular flexibility index (Phi) is 4.36. The molecule has 0 radical (unpaired) electrons. The molecule has 0 aromatic carbocycles. The molecule has 0 N–H and O–H groups in total. The number of aromatic nitrogens is 3. The Morgan fingerprint density at radius 2 is 2.00 bits per heavy atom. The zero-order chi connectivity index (χ0) is 18.4. The van der Waals surface area contributed by atoms with Gasteiger partial charge in [0.1, 0.15) is 17.0 Å². The van der Waals surface area contributed by atoms with Gasteiger partial charge in [-0.1, -0.05) is 22.9 Å². The van der Waals surface area contributed by atoms with Crippen LogP contribution in [0.5, 0.6) is 0 Å². The topological polar surface area (TPSA) is 64.3 Å². The minimum atomic E-state index is -4.69. The highest BCUT2D eigenvalue weighted by atomic mass is 79.9. The maximum atomic E-state index is 12.9. The summed E-state index contributed by atoms with van der Waals surface area (Å²) in [6.07, 6.45) is -0.864. The number of fused-ring (bicyclic) bond motifs is 1. The lowest BCUT2D eigenvalue weighted by molar-refractivity contribution is -0.138. The standard InChI is InChI=1S/C15H11BrF3N3O2S/c1-2-25(23,24)12-5-9(15(17,18)19)7-20-14(12)11-8-22-4-3-10(16)6-13(22)21-11/h3-8H,2H2,1H3. The van der Waals surface area contributed by atoms with Crippen molar-refractivity contribution in [1.82, 2.24) is 14.4 Å². The van der Waals surface area contributed by atoms with E-state index in [9.17, 15) is 21.6 Å². The van der Waals surface area contributed by atoms with Crippen LogP contribution >= 0.6 is 15.9 Å². The number of sulfone groups is 1. The van der Waals surface area contributed by atoms with Crippen molar-refractivity contribution in [3.8, 4) is 11.4 Å². The SMILES string of the molecule is CCS(=O)(=O)c1cc(C(F)(F)F)cnc1-c1cn2ccc(Br)cc2n1. The van der Waals surface area contributed by atoms with Crippen molar-refractivity contribution in [2.75, 3.05) is 5.75 Å². The second-order valence-electron chi connectivity index (χ2n) is 5.21. The summed E-state index contributed by atoms with van der Waals surface area (Å²) in [7, 11) is -3.93. The van der Waals surface area contributed by atoms with E-state index >= 15 is 0 Å². The fraction of sp³-hybridized carbons (Fsp3) is 0.200. The molecule has 0 amide bonds. The normalized spacial score (nSPS) is 12.7. The van der Waals surface area contributed by atoms with Gasteiger partial charge < -0.3 is 4.40 Å². The minimum absolute atomic E-state index is 0.102. The molecule has 0 aliphatic rings. The summed E-state index contributed by atoms with van der Waals surface area (Å²) in [5, 5.41) is 0. The number of alkyl halides is 3. The number of nitrogens with zero attached hydrogens (tertiary/aromatic N) is 3. The van der Waals surface area contributed by atoms with Gasteiger partial charge >= 0.3 is 6.18 Å². The fourth-order valence-corrected chi connectivity index (χ4v) is 3.65. The number of halogens is 4. The average molecular weight is 434 g/mol. The van der Waals surface area contributed by atoms with Gasteiger partial charge in [0.05, 0.1) is 16.2 Å². The molecule has 132 valence electrons. The fourth-order valence-electron chi connectivity index (χ4n) is 2.26. The molecular weight excluding hydrogens is 423 g/mol. The van der Waals surface area contributed by atoms with E-state index in [-0.39, 0.29) is 17.1 Å². The van der Waals surface area contributed by atoms with Crippen LogP contribution in [0.4, 0.5) is 13.2 Å². The van der Waals surface area contributed by atoms with Crippen molar-refractivity contribution in [1.29, 1.82) is 0 Å². The van der Waals surface area contributed by atoms with Gasteiger partial charge in [-0.15, -0.1) is 0 Å². The molecule has 10 heteroatoms. The zero-order valence-corrected chi connectivity index (χ0v) is 15.2. The molecular formula is C15H11BrF3N3O2S. The first-order valence-corrected chi connectivity index (χ1v) is 9.51. The van der Waals surface area contributed by atoms with Crippen LogP contribution in [0.2, 0.25) is 0 Å². The number of rotatable bonds is 3. The van der Waals surface area contributed by atoms with Crippen molar-refractivity contribution in [3.05, 3.63) is 46.8 Å².